The molecule has 2 atom stereocenters. The third-order valence-electron chi connectivity index (χ3n) is 6.84. The lowest BCUT2D eigenvalue weighted by atomic mass is 10.1. The van der Waals surface area contributed by atoms with Crippen molar-refractivity contribution >= 4 is 24.8 Å². The first-order chi connectivity index (χ1) is 18.3. The maximum absolute atomic E-state index is 12.9. The Kier molecular flexibility index (Phi) is 10.1. The number of alkyl carbamates (subject to hydrolysis) is 1. The van der Waals surface area contributed by atoms with Gasteiger partial charge in [0.2, 0.25) is 0 Å². The molecular formula is C32H44N2O4Si. The van der Waals surface area contributed by atoms with Gasteiger partial charge in [0.05, 0.1) is 18.7 Å². The van der Waals surface area contributed by atoms with Crippen LogP contribution < -0.4 is 15.7 Å². The number of hydrogen-bond donors (Lipinski definition) is 2. The van der Waals surface area contributed by atoms with Crippen molar-refractivity contribution in [1.29, 1.82) is 0 Å². The van der Waals surface area contributed by atoms with Crippen LogP contribution in [-0.4, -0.2) is 49.0 Å². The van der Waals surface area contributed by atoms with Crippen molar-refractivity contribution in [3.63, 3.8) is 0 Å². The molecule has 39 heavy (non-hydrogen) atoms. The van der Waals surface area contributed by atoms with Gasteiger partial charge in [-0.2, -0.15) is 5.06 Å². The summed E-state index contributed by atoms with van der Waals surface area (Å²) in [5, 5.41) is 17.4. The van der Waals surface area contributed by atoms with E-state index in [1.807, 2.05) is 94.4 Å². The molecule has 210 valence electrons. The Bertz CT molecular complexity index is 1120. The van der Waals surface area contributed by atoms with E-state index in [0.717, 1.165) is 15.9 Å². The number of ether oxygens (including phenoxy) is 1. The van der Waals surface area contributed by atoms with Gasteiger partial charge >= 0.3 is 6.09 Å². The lowest BCUT2D eigenvalue weighted by Gasteiger charge is -2.44. The number of carbonyl (C=O) groups excluding carboxylic acids is 1. The van der Waals surface area contributed by atoms with Crippen LogP contribution in [0, 0.1) is 0 Å². The largest absolute Gasteiger partial charge is 0.444 e. The lowest BCUT2D eigenvalue weighted by Crippen LogP contribution is -2.68. The summed E-state index contributed by atoms with van der Waals surface area (Å²) in [6.45, 7) is 14.5. The molecule has 3 rings (SSSR count). The van der Waals surface area contributed by atoms with Crippen LogP contribution in [0.5, 0.6) is 0 Å². The van der Waals surface area contributed by atoms with Gasteiger partial charge in [-0.1, -0.05) is 112 Å². The number of amides is 1. The van der Waals surface area contributed by atoms with Crippen molar-refractivity contribution in [2.24, 2.45) is 0 Å². The molecule has 2 N–H and O–H groups in total. The highest BCUT2D eigenvalue weighted by molar-refractivity contribution is 6.99. The summed E-state index contributed by atoms with van der Waals surface area (Å²) >= 11 is 0. The zero-order chi connectivity index (χ0) is 28.7. The molecule has 0 radical (unpaired) electrons. The summed E-state index contributed by atoms with van der Waals surface area (Å²) < 4.78 is 12.7. The number of benzene rings is 3. The molecule has 1 amide bonds. The molecule has 7 heteroatoms. The summed E-state index contributed by atoms with van der Waals surface area (Å²) in [4.78, 5) is 12.9. The van der Waals surface area contributed by atoms with Crippen LogP contribution in [0.25, 0.3) is 0 Å². The Morgan fingerprint density at radius 3 is 1.74 bits per heavy atom. The summed E-state index contributed by atoms with van der Waals surface area (Å²) in [5.41, 5.74) is 0.315. The Labute approximate surface area is 235 Å². The minimum Gasteiger partial charge on any atom is -0.444 e. The fraction of sp³-hybridized carbons (Fsp3) is 0.406. The van der Waals surface area contributed by atoms with Crippen LogP contribution in [-0.2, 0) is 15.7 Å². The van der Waals surface area contributed by atoms with Crippen molar-refractivity contribution < 1.29 is 19.2 Å². The number of nitrogens with one attached hydrogen (secondary N) is 1. The first-order valence-electron chi connectivity index (χ1n) is 13.6. The average molecular weight is 549 g/mol. The van der Waals surface area contributed by atoms with Crippen molar-refractivity contribution in [3.05, 3.63) is 96.6 Å². The first-order valence-corrected chi connectivity index (χ1v) is 15.5. The smallest absolute Gasteiger partial charge is 0.408 e. The summed E-state index contributed by atoms with van der Waals surface area (Å²) in [7, 11) is -2.86. The number of hydroxylamine groups is 2. The number of carbonyl (C=O) groups is 1. The highest BCUT2D eigenvalue weighted by Gasteiger charge is 2.50. The van der Waals surface area contributed by atoms with Crippen molar-refractivity contribution in [3.8, 4) is 0 Å². The Balaban J connectivity index is 1.98. The van der Waals surface area contributed by atoms with E-state index < -0.39 is 32.1 Å². The molecule has 0 saturated heterocycles. The zero-order valence-corrected chi connectivity index (χ0v) is 25.3. The molecule has 0 aliphatic heterocycles. The fourth-order valence-electron chi connectivity index (χ4n) is 4.86. The van der Waals surface area contributed by atoms with Crippen LogP contribution in [0.15, 0.2) is 91.0 Å². The fourth-order valence-corrected chi connectivity index (χ4v) is 9.44. The van der Waals surface area contributed by atoms with Crippen molar-refractivity contribution in [2.45, 2.75) is 77.7 Å². The van der Waals surface area contributed by atoms with Crippen LogP contribution >= 0.6 is 0 Å². The van der Waals surface area contributed by atoms with Gasteiger partial charge in [-0.25, -0.2) is 4.79 Å². The first kappa shape index (κ1) is 30.6. The van der Waals surface area contributed by atoms with Gasteiger partial charge in [0.1, 0.15) is 5.60 Å². The molecule has 0 spiro atoms. The summed E-state index contributed by atoms with van der Waals surface area (Å²) in [5.74, 6) is 0. The van der Waals surface area contributed by atoms with E-state index in [9.17, 15) is 10.0 Å². The third-order valence-corrected chi connectivity index (χ3v) is 11.8. The molecule has 0 saturated carbocycles. The van der Waals surface area contributed by atoms with Crippen LogP contribution in [0.1, 0.15) is 54.0 Å². The van der Waals surface area contributed by atoms with Gasteiger partial charge in [-0.3, -0.25) is 0 Å². The van der Waals surface area contributed by atoms with E-state index in [4.69, 9.17) is 9.16 Å². The quantitative estimate of drug-likeness (QED) is 0.250. The molecule has 6 nitrogen and oxygen atoms in total. The molecule has 0 bridgehead atoms. The van der Waals surface area contributed by atoms with Crippen LogP contribution in [0.3, 0.4) is 0 Å². The second-order valence-corrected chi connectivity index (χ2v) is 16.4. The minimum atomic E-state index is -2.86. The van der Waals surface area contributed by atoms with Crippen molar-refractivity contribution in [2.75, 3.05) is 6.61 Å². The van der Waals surface area contributed by atoms with E-state index in [-0.39, 0.29) is 11.6 Å². The van der Waals surface area contributed by atoms with Gasteiger partial charge in [-0.05, 0) is 48.7 Å². The predicted molar refractivity (Wildman–Crippen MR) is 160 cm³/mol. The van der Waals surface area contributed by atoms with Crippen LogP contribution in [0.4, 0.5) is 4.79 Å². The Morgan fingerprint density at radius 2 is 1.31 bits per heavy atom. The Morgan fingerprint density at radius 1 is 0.846 bits per heavy atom. The maximum atomic E-state index is 12.9. The van der Waals surface area contributed by atoms with Gasteiger partial charge < -0.3 is 19.7 Å². The van der Waals surface area contributed by atoms with Gasteiger partial charge in [0, 0.05) is 6.54 Å². The Hall–Kier alpha value is -2.97. The number of nitrogens with zero attached hydrogens (tertiary/aromatic N) is 1. The van der Waals surface area contributed by atoms with E-state index in [1.54, 1.807) is 0 Å². The van der Waals surface area contributed by atoms with Gasteiger partial charge in [0.15, 0.2) is 0 Å². The van der Waals surface area contributed by atoms with Gasteiger partial charge in [-0.15, -0.1) is 0 Å². The molecular weight excluding hydrogens is 504 g/mol. The molecule has 3 aromatic rings. The number of hydrogen-bond acceptors (Lipinski definition) is 5. The molecule has 0 unspecified atom stereocenters. The van der Waals surface area contributed by atoms with E-state index >= 15 is 0 Å². The average Bonchev–Trinajstić information content (AvgIpc) is 2.88. The monoisotopic (exact) mass is 548 g/mol. The highest BCUT2D eigenvalue weighted by Crippen LogP contribution is 2.37. The standard InChI is InChI=1S/C32H44N2O4Si/c1-25(34(36)23-26-17-11-8-12-18-26)29(33-30(35)38-31(2,3)4)24-37-39(32(5,6)7,27-19-13-9-14-20-27)28-21-15-10-16-22-28/h8-22,25,29,36H,23-24H2,1-7H3,(H,33,35)/t25-,29+/m1/s1. The van der Waals surface area contributed by atoms with Gasteiger partial charge in [0.25, 0.3) is 8.32 Å². The molecule has 0 heterocycles. The molecule has 0 aliphatic carbocycles. The van der Waals surface area contributed by atoms with E-state index in [2.05, 4.69) is 50.4 Å². The third kappa shape index (κ3) is 8.02. The van der Waals surface area contributed by atoms with Crippen LogP contribution in [0.2, 0.25) is 5.04 Å². The highest BCUT2D eigenvalue weighted by atomic mass is 28.4. The molecule has 0 aliphatic rings. The normalized spacial score (nSPS) is 14.1. The molecule has 0 fully saturated rings. The predicted octanol–water partition coefficient (Wildman–Crippen LogP) is 5.74. The SMILES string of the molecule is C[C@H]([C@H](CO[Si](c1ccccc1)(c1ccccc1)C(C)(C)C)NC(=O)OC(C)(C)C)N(O)Cc1ccccc1. The molecule has 0 aromatic heterocycles. The minimum absolute atomic E-state index is 0.194. The topological polar surface area (TPSA) is 71.0 Å². The maximum Gasteiger partial charge on any atom is 0.408 e. The summed E-state index contributed by atoms with van der Waals surface area (Å²) in [6.07, 6.45) is -0.543. The second-order valence-electron chi connectivity index (χ2n) is 12.1. The van der Waals surface area contributed by atoms with E-state index in [1.165, 1.54) is 5.06 Å². The van der Waals surface area contributed by atoms with Crippen molar-refractivity contribution in [1.82, 2.24) is 10.4 Å². The zero-order valence-electron chi connectivity index (χ0n) is 24.3. The number of rotatable bonds is 10. The molecule has 3 aromatic carbocycles. The lowest BCUT2D eigenvalue weighted by molar-refractivity contribution is -0.140. The second kappa shape index (κ2) is 12.9. The van der Waals surface area contributed by atoms with E-state index in [0.29, 0.717) is 6.54 Å². The summed E-state index contributed by atoms with van der Waals surface area (Å²) in [6, 6.07) is 29.5.